The molecule has 298 valence electrons. The zero-order chi connectivity index (χ0) is 40.2. The number of ether oxygens (including phenoxy) is 2. The van der Waals surface area contributed by atoms with Crippen LogP contribution in [0.25, 0.3) is 38.8 Å². The van der Waals surface area contributed by atoms with Gasteiger partial charge < -0.3 is 14.0 Å². The summed E-state index contributed by atoms with van der Waals surface area (Å²) in [7, 11) is 0. The van der Waals surface area contributed by atoms with Crippen LogP contribution < -0.4 is 4.74 Å². The second-order valence-corrected chi connectivity index (χ2v) is 19.0. The fourth-order valence-corrected chi connectivity index (χ4v) is 9.78. The monoisotopic (exact) mass is 938 g/mol. The van der Waals surface area contributed by atoms with Crippen molar-refractivity contribution >= 4 is 27.8 Å². The number of pyridine rings is 1. The quantitative estimate of drug-likeness (QED) is 0.150. The minimum absolute atomic E-state index is 0. The Balaban J connectivity index is 0.00000496. The minimum atomic E-state index is -0.286. The van der Waals surface area contributed by atoms with Crippen LogP contribution >= 0.6 is 0 Å². The van der Waals surface area contributed by atoms with Gasteiger partial charge in [0.25, 0.3) is 0 Å². The minimum Gasteiger partial charge on any atom is -0.518 e. The van der Waals surface area contributed by atoms with Gasteiger partial charge in [-0.2, -0.15) is 6.07 Å². The third-order valence-corrected chi connectivity index (χ3v) is 12.4. The molecule has 2 aliphatic heterocycles. The third-order valence-electron chi connectivity index (χ3n) is 12.4. The van der Waals surface area contributed by atoms with Crippen LogP contribution in [0.2, 0.25) is 0 Å². The second-order valence-electron chi connectivity index (χ2n) is 19.0. The van der Waals surface area contributed by atoms with Crippen molar-refractivity contribution < 1.29 is 30.5 Å². The molecular weight excluding hydrogens is 882 g/mol. The van der Waals surface area contributed by atoms with Gasteiger partial charge in [-0.3, -0.25) is 4.99 Å². The molecule has 2 aromatic heterocycles. The molecule has 1 atom stereocenters. The van der Waals surface area contributed by atoms with Gasteiger partial charge in [-0.1, -0.05) is 122 Å². The number of rotatable bonds is 7. The normalized spacial score (nSPS) is 16.0. The van der Waals surface area contributed by atoms with Crippen molar-refractivity contribution in [2.75, 3.05) is 6.61 Å². The molecule has 0 amide bonds. The molecule has 2 aliphatic rings. The Morgan fingerprint density at radius 2 is 1.49 bits per heavy atom. The SMILES string of the molecule is Cc1cc(C)c(-c2cc(Oc3[c-]c4c(cc3C)C(C)(C)c3cc(C(C)(C)C)cc5c6cc(C)cnc6n-4c35)[c-]c(C3=N[C@H](C(C(C)C)C(C)C)CO3)c2)c(C)c1.[Pt+2]. The van der Waals surface area contributed by atoms with E-state index in [0.717, 1.165) is 39.0 Å². The van der Waals surface area contributed by atoms with Crippen molar-refractivity contribution in [3.63, 3.8) is 0 Å². The van der Waals surface area contributed by atoms with Crippen LogP contribution in [-0.2, 0) is 36.6 Å². The number of nitrogens with zero attached hydrogens (tertiary/aromatic N) is 3. The topological polar surface area (TPSA) is 48.6 Å². The predicted molar refractivity (Wildman–Crippen MR) is 232 cm³/mol. The summed E-state index contributed by atoms with van der Waals surface area (Å²) >= 11 is 0. The van der Waals surface area contributed by atoms with Crippen molar-refractivity contribution in [3.05, 3.63) is 117 Å². The van der Waals surface area contributed by atoms with Crippen molar-refractivity contribution in [2.24, 2.45) is 22.7 Å². The number of aromatic nitrogens is 2. The van der Waals surface area contributed by atoms with Gasteiger partial charge in [0.2, 0.25) is 0 Å². The van der Waals surface area contributed by atoms with E-state index in [1.807, 2.05) is 6.20 Å². The second kappa shape index (κ2) is 14.6. The Labute approximate surface area is 354 Å². The van der Waals surface area contributed by atoms with Gasteiger partial charge in [0, 0.05) is 28.5 Å². The molecule has 6 aromatic rings. The van der Waals surface area contributed by atoms with Crippen LogP contribution in [0.1, 0.15) is 112 Å². The summed E-state index contributed by atoms with van der Waals surface area (Å²) in [5, 5.41) is 2.39. The molecule has 0 unspecified atom stereocenters. The van der Waals surface area contributed by atoms with Crippen molar-refractivity contribution in [1.29, 1.82) is 0 Å². The molecule has 0 saturated carbocycles. The van der Waals surface area contributed by atoms with Crippen LogP contribution in [0.4, 0.5) is 0 Å². The molecular formula is C51H57N3O2Pt. The van der Waals surface area contributed by atoms with Crippen LogP contribution in [0.15, 0.2) is 59.7 Å². The standard InChI is InChI=1S/C51H57N3O2.Pt/c1-27(2)45(28(3)4)42-26-55-49(53-42)35-19-34(46-32(8)15-29(5)16-33(46)9)20-37(21-35)56-44-24-43-40(18-31(44)7)51(13,14)41-23-36(50(10,11)12)22-38-39-17-30(6)25-52-48(39)54(43)47(38)41;/h15-20,22-23,25,27-28,42,45H,26H2,1-14H3;/q-2;+2/t42-;/m0./s1. The summed E-state index contributed by atoms with van der Waals surface area (Å²) in [5.41, 5.74) is 15.6. The Bertz CT molecular complexity index is 2570. The molecule has 0 spiro atoms. The summed E-state index contributed by atoms with van der Waals surface area (Å²) in [4.78, 5) is 10.3. The van der Waals surface area contributed by atoms with E-state index in [0.29, 0.717) is 41.8 Å². The predicted octanol–water partition coefficient (Wildman–Crippen LogP) is 12.8. The van der Waals surface area contributed by atoms with E-state index < -0.39 is 0 Å². The molecule has 6 heteroatoms. The molecule has 8 rings (SSSR count). The first-order valence-electron chi connectivity index (χ1n) is 20.4. The maximum Gasteiger partial charge on any atom is 2.00 e. The number of hydrogen-bond donors (Lipinski definition) is 0. The number of fused-ring (bicyclic) bond motifs is 5. The zero-order valence-corrected chi connectivity index (χ0v) is 38.5. The number of aryl methyl sites for hydroxylation is 5. The van der Waals surface area contributed by atoms with Crippen molar-refractivity contribution in [2.45, 2.75) is 114 Å². The fraction of sp³-hybridized carbons (Fsp3) is 0.412. The Morgan fingerprint density at radius 3 is 2.14 bits per heavy atom. The van der Waals surface area contributed by atoms with Crippen LogP contribution in [0.3, 0.4) is 0 Å². The average molecular weight is 939 g/mol. The smallest absolute Gasteiger partial charge is 0.518 e. The first-order valence-corrected chi connectivity index (χ1v) is 20.4. The largest absolute Gasteiger partial charge is 2.00 e. The molecule has 4 aromatic carbocycles. The van der Waals surface area contributed by atoms with Gasteiger partial charge in [-0.05, 0) is 102 Å². The number of benzene rings is 4. The first kappa shape index (κ1) is 41.0. The molecule has 0 radical (unpaired) electrons. The number of hydrogen-bond acceptors (Lipinski definition) is 4. The van der Waals surface area contributed by atoms with Crippen LogP contribution in [0.5, 0.6) is 11.5 Å². The molecule has 5 nitrogen and oxygen atoms in total. The fourth-order valence-electron chi connectivity index (χ4n) is 9.78. The molecule has 0 bridgehead atoms. The van der Waals surface area contributed by atoms with Gasteiger partial charge in [0.1, 0.15) is 11.5 Å². The maximum absolute atomic E-state index is 6.96. The van der Waals surface area contributed by atoms with E-state index in [9.17, 15) is 0 Å². The van der Waals surface area contributed by atoms with Crippen molar-refractivity contribution in [1.82, 2.24) is 9.55 Å². The van der Waals surface area contributed by atoms with E-state index in [-0.39, 0.29) is 37.9 Å². The zero-order valence-electron chi connectivity index (χ0n) is 36.2. The Hall–Kier alpha value is -4.21. The summed E-state index contributed by atoms with van der Waals surface area (Å²) in [5.74, 6) is 3.33. The molecule has 57 heavy (non-hydrogen) atoms. The summed E-state index contributed by atoms with van der Waals surface area (Å²) in [6, 6.07) is 25.7. The molecule has 0 fully saturated rings. The summed E-state index contributed by atoms with van der Waals surface area (Å²) in [6.07, 6.45) is 1.97. The van der Waals surface area contributed by atoms with E-state index in [1.165, 1.54) is 49.8 Å². The van der Waals surface area contributed by atoms with Gasteiger partial charge in [-0.25, -0.2) is 4.98 Å². The van der Waals surface area contributed by atoms with E-state index in [4.69, 9.17) is 19.5 Å². The Kier molecular flexibility index (Phi) is 10.5. The summed E-state index contributed by atoms with van der Waals surface area (Å²) in [6.45, 7) is 32.1. The molecule has 0 N–H and O–H groups in total. The van der Waals surface area contributed by atoms with E-state index in [1.54, 1.807) is 0 Å². The molecule has 0 aliphatic carbocycles. The molecule has 0 saturated heterocycles. The summed E-state index contributed by atoms with van der Waals surface area (Å²) < 4.78 is 15.7. The van der Waals surface area contributed by atoms with Gasteiger partial charge in [0.05, 0.1) is 18.2 Å². The Morgan fingerprint density at radius 1 is 0.807 bits per heavy atom. The average Bonchev–Trinajstić information content (AvgIpc) is 3.70. The third kappa shape index (κ3) is 6.96. The van der Waals surface area contributed by atoms with Gasteiger partial charge >= 0.3 is 21.1 Å². The number of aliphatic imine (C=N–C) groups is 1. The molecule has 4 heterocycles. The maximum atomic E-state index is 6.96. The van der Waals surface area contributed by atoms with Crippen LogP contribution in [0, 0.1) is 64.5 Å². The van der Waals surface area contributed by atoms with Crippen LogP contribution in [-0.4, -0.2) is 28.1 Å². The van der Waals surface area contributed by atoms with E-state index >= 15 is 0 Å². The first-order chi connectivity index (χ1) is 26.3. The van der Waals surface area contributed by atoms with E-state index in [2.05, 4.69) is 162 Å². The van der Waals surface area contributed by atoms with Gasteiger partial charge in [-0.15, -0.1) is 23.3 Å². The van der Waals surface area contributed by atoms with Gasteiger partial charge in [0.15, 0.2) is 0 Å². The van der Waals surface area contributed by atoms with Crippen molar-refractivity contribution in [3.8, 4) is 28.3 Å².